The van der Waals surface area contributed by atoms with Gasteiger partial charge in [0.05, 0.1) is 19.8 Å². The maximum Gasteiger partial charge on any atom is 0.416 e. The van der Waals surface area contributed by atoms with E-state index in [1.165, 1.54) is 30.7 Å². The van der Waals surface area contributed by atoms with Gasteiger partial charge < -0.3 is 14.4 Å². The maximum absolute atomic E-state index is 13.2. The minimum absolute atomic E-state index is 0.0000289. The molecule has 0 saturated carbocycles. The van der Waals surface area contributed by atoms with E-state index in [4.69, 9.17) is 9.47 Å². The summed E-state index contributed by atoms with van der Waals surface area (Å²) in [6.45, 7) is 2.60. The Hall–Kier alpha value is -2.46. The number of benzene rings is 2. The van der Waals surface area contributed by atoms with Crippen LogP contribution in [0.5, 0.6) is 11.5 Å². The third kappa shape index (κ3) is 4.34. The van der Waals surface area contributed by atoms with Gasteiger partial charge in [-0.25, -0.2) is 8.42 Å². The van der Waals surface area contributed by atoms with Crippen LogP contribution in [-0.4, -0.2) is 53.1 Å². The molecule has 0 amide bonds. The van der Waals surface area contributed by atoms with E-state index >= 15 is 0 Å². The monoisotopic (exact) mass is 444 g/mol. The van der Waals surface area contributed by atoms with E-state index in [0.29, 0.717) is 11.4 Å². The van der Waals surface area contributed by atoms with Gasteiger partial charge in [0.15, 0.2) is 0 Å². The summed E-state index contributed by atoms with van der Waals surface area (Å²) in [5.74, 6) is 0.644. The highest BCUT2D eigenvalue weighted by Crippen LogP contribution is 2.35. The fourth-order valence-electron chi connectivity index (χ4n) is 3.43. The molecule has 2 aromatic rings. The molecule has 0 N–H and O–H groups in total. The molecule has 0 aromatic heterocycles. The first kappa shape index (κ1) is 22.2. The second kappa shape index (κ2) is 8.35. The molecule has 0 atom stereocenters. The van der Waals surface area contributed by atoms with Crippen molar-refractivity contribution in [2.45, 2.75) is 18.0 Å². The molecule has 1 saturated heterocycles. The standard InChI is InChI=1S/C20H23F3N2O4S/c1-14-11-18(29-3)19(13-17(14)28-2)30(26,27)25-9-7-24(8-10-25)16-6-4-5-15(12-16)20(21,22)23/h4-6,11-13H,7-10H2,1-3H3. The van der Waals surface area contributed by atoms with Gasteiger partial charge >= 0.3 is 6.18 Å². The fourth-order valence-corrected chi connectivity index (χ4v) is 5.00. The molecule has 0 bridgehead atoms. The summed E-state index contributed by atoms with van der Waals surface area (Å²) in [5.41, 5.74) is 0.422. The Balaban J connectivity index is 1.81. The third-order valence-electron chi connectivity index (χ3n) is 5.08. The van der Waals surface area contributed by atoms with Crippen molar-refractivity contribution in [1.29, 1.82) is 0 Å². The number of anilines is 1. The fraction of sp³-hybridized carbons (Fsp3) is 0.400. The molecule has 0 spiro atoms. The van der Waals surface area contributed by atoms with Crippen molar-refractivity contribution in [3.8, 4) is 11.5 Å². The molecule has 3 rings (SSSR count). The Morgan fingerprint density at radius 3 is 2.13 bits per heavy atom. The number of nitrogens with zero attached hydrogens (tertiary/aromatic N) is 2. The average molecular weight is 444 g/mol. The topological polar surface area (TPSA) is 59.1 Å². The quantitative estimate of drug-likeness (QED) is 0.706. The van der Waals surface area contributed by atoms with Crippen molar-refractivity contribution in [1.82, 2.24) is 4.31 Å². The summed E-state index contributed by atoms with van der Waals surface area (Å²) in [4.78, 5) is 1.74. The van der Waals surface area contributed by atoms with Gasteiger partial charge in [0.2, 0.25) is 10.0 Å². The van der Waals surface area contributed by atoms with E-state index in [1.807, 2.05) is 0 Å². The van der Waals surface area contributed by atoms with Crippen molar-refractivity contribution in [2.24, 2.45) is 0 Å². The van der Waals surface area contributed by atoms with Gasteiger partial charge in [0, 0.05) is 37.9 Å². The zero-order valence-corrected chi connectivity index (χ0v) is 17.7. The van der Waals surface area contributed by atoms with Crippen LogP contribution in [0.1, 0.15) is 11.1 Å². The lowest BCUT2D eigenvalue weighted by Crippen LogP contribution is -2.48. The first-order valence-electron chi connectivity index (χ1n) is 9.23. The Bertz CT molecular complexity index is 1020. The van der Waals surface area contributed by atoms with Gasteiger partial charge in [-0.3, -0.25) is 0 Å². The second-order valence-corrected chi connectivity index (χ2v) is 8.82. The normalized spacial score (nSPS) is 15.9. The highest BCUT2D eigenvalue weighted by atomic mass is 32.2. The van der Waals surface area contributed by atoms with E-state index in [1.54, 1.807) is 24.0 Å². The van der Waals surface area contributed by atoms with Crippen LogP contribution in [0.2, 0.25) is 0 Å². The Kier molecular flexibility index (Phi) is 6.19. The summed E-state index contributed by atoms with van der Waals surface area (Å²) < 4.78 is 77.1. The van der Waals surface area contributed by atoms with Gasteiger partial charge in [-0.05, 0) is 36.8 Å². The molecule has 2 aromatic carbocycles. The van der Waals surface area contributed by atoms with Crippen LogP contribution in [0.25, 0.3) is 0 Å². The summed E-state index contributed by atoms with van der Waals surface area (Å²) in [7, 11) is -1.02. The Morgan fingerprint density at radius 2 is 1.57 bits per heavy atom. The van der Waals surface area contributed by atoms with Crippen LogP contribution in [0.3, 0.4) is 0 Å². The van der Waals surface area contributed by atoms with E-state index in [9.17, 15) is 21.6 Å². The molecule has 1 aliphatic heterocycles. The van der Waals surface area contributed by atoms with Crippen molar-refractivity contribution in [2.75, 3.05) is 45.3 Å². The molecule has 30 heavy (non-hydrogen) atoms. The number of methoxy groups -OCH3 is 2. The number of halogens is 3. The number of hydrogen-bond donors (Lipinski definition) is 0. The van der Waals surface area contributed by atoms with Crippen LogP contribution >= 0.6 is 0 Å². The number of ether oxygens (including phenoxy) is 2. The van der Waals surface area contributed by atoms with Gasteiger partial charge in [-0.15, -0.1) is 0 Å². The van der Waals surface area contributed by atoms with E-state index in [-0.39, 0.29) is 36.8 Å². The SMILES string of the molecule is COc1cc(S(=O)(=O)N2CCN(c3cccc(C(F)(F)F)c3)CC2)c(OC)cc1C. The van der Waals surface area contributed by atoms with Crippen molar-refractivity contribution in [3.05, 3.63) is 47.5 Å². The van der Waals surface area contributed by atoms with Crippen LogP contribution in [-0.2, 0) is 16.2 Å². The molecule has 6 nitrogen and oxygen atoms in total. The van der Waals surface area contributed by atoms with E-state index in [0.717, 1.165) is 17.7 Å². The van der Waals surface area contributed by atoms with Gasteiger partial charge in [0.1, 0.15) is 16.4 Å². The Morgan fingerprint density at radius 1 is 0.933 bits per heavy atom. The van der Waals surface area contributed by atoms with E-state index in [2.05, 4.69) is 0 Å². The molecule has 1 fully saturated rings. The summed E-state index contributed by atoms with van der Waals surface area (Å²) in [6, 6.07) is 8.07. The first-order valence-corrected chi connectivity index (χ1v) is 10.7. The number of sulfonamides is 1. The van der Waals surface area contributed by atoms with Crippen LogP contribution in [0.15, 0.2) is 41.3 Å². The molecule has 164 valence electrons. The van der Waals surface area contributed by atoms with Crippen LogP contribution in [0.4, 0.5) is 18.9 Å². The minimum Gasteiger partial charge on any atom is -0.496 e. The predicted octanol–water partition coefficient (Wildman–Crippen LogP) is 3.54. The largest absolute Gasteiger partial charge is 0.496 e. The molecular formula is C20H23F3N2O4S. The molecule has 0 unspecified atom stereocenters. The summed E-state index contributed by atoms with van der Waals surface area (Å²) in [5, 5.41) is 0. The van der Waals surface area contributed by atoms with Crippen molar-refractivity contribution >= 4 is 15.7 Å². The van der Waals surface area contributed by atoms with Gasteiger partial charge in [-0.1, -0.05) is 6.07 Å². The maximum atomic E-state index is 13.2. The number of alkyl halides is 3. The van der Waals surface area contributed by atoms with Crippen molar-refractivity contribution < 1.29 is 31.1 Å². The molecule has 0 aliphatic carbocycles. The van der Waals surface area contributed by atoms with Gasteiger partial charge in [-0.2, -0.15) is 17.5 Å². The Labute approximate surface area is 173 Å². The third-order valence-corrected chi connectivity index (χ3v) is 7.00. The number of hydrogen-bond acceptors (Lipinski definition) is 5. The number of aryl methyl sites for hydroxylation is 1. The highest BCUT2D eigenvalue weighted by molar-refractivity contribution is 7.89. The molecule has 10 heteroatoms. The van der Waals surface area contributed by atoms with Crippen LogP contribution < -0.4 is 14.4 Å². The lowest BCUT2D eigenvalue weighted by molar-refractivity contribution is -0.137. The minimum atomic E-state index is -4.43. The first-order chi connectivity index (χ1) is 14.1. The predicted molar refractivity (Wildman–Crippen MR) is 107 cm³/mol. The number of rotatable bonds is 5. The molecule has 1 heterocycles. The number of piperazine rings is 1. The highest BCUT2D eigenvalue weighted by Gasteiger charge is 2.33. The summed E-state index contributed by atoms with van der Waals surface area (Å²) >= 11 is 0. The molecule has 1 aliphatic rings. The van der Waals surface area contributed by atoms with Crippen LogP contribution in [0, 0.1) is 6.92 Å². The second-order valence-electron chi connectivity index (χ2n) is 6.91. The zero-order valence-electron chi connectivity index (χ0n) is 16.9. The molecular weight excluding hydrogens is 421 g/mol. The molecule has 0 radical (unpaired) electrons. The smallest absolute Gasteiger partial charge is 0.416 e. The average Bonchev–Trinajstić information content (AvgIpc) is 2.73. The lowest BCUT2D eigenvalue weighted by atomic mass is 10.1. The van der Waals surface area contributed by atoms with Gasteiger partial charge in [0.25, 0.3) is 0 Å². The summed E-state index contributed by atoms with van der Waals surface area (Å²) in [6.07, 6.45) is -4.43. The lowest BCUT2D eigenvalue weighted by Gasteiger charge is -2.35. The van der Waals surface area contributed by atoms with Crippen molar-refractivity contribution in [3.63, 3.8) is 0 Å². The zero-order chi connectivity index (χ0) is 22.1. The van der Waals surface area contributed by atoms with E-state index < -0.39 is 21.8 Å².